The summed E-state index contributed by atoms with van der Waals surface area (Å²) >= 11 is 0. The Morgan fingerprint density at radius 3 is 2.55 bits per heavy atom. The van der Waals surface area contributed by atoms with E-state index in [2.05, 4.69) is 31.7 Å². The number of amides is 1. The van der Waals surface area contributed by atoms with Gasteiger partial charge in [0.15, 0.2) is 0 Å². The Balaban J connectivity index is 1.59. The van der Waals surface area contributed by atoms with Gasteiger partial charge in [0.05, 0.1) is 6.04 Å². The minimum Gasteiger partial charge on any atom is -0.508 e. The van der Waals surface area contributed by atoms with Crippen LogP contribution in [0.25, 0.3) is 5.57 Å². The molecule has 0 spiro atoms. The van der Waals surface area contributed by atoms with Crippen LogP contribution in [0.5, 0.6) is 5.75 Å². The molecule has 1 amide bonds. The zero-order chi connectivity index (χ0) is 27.0. The summed E-state index contributed by atoms with van der Waals surface area (Å²) < 4.78 is 1.58. The highest BCUT2D eigenvalue weighted by Gasteiger charge is 2.41. The fraction of sp³-hybridized carbons (Fsp3) is 0.562. The van der Waals surface area contributed by atoms with E-state index in [0.29, 0.717) is 30.6 Å². The van der Waals surface area contributed by atoms with Crippen LogP contribution in [0.3, 0.4) is 0 Å². The summed E-state index contributed by atoms with van der Waals surface area (Å²) in [4.78, 5) is 31.1. The van der Waals surface area contributed by atoms with Crippen molar-refractivity contribution >= 4 is 11.5 Å². The number of aromatic nitrogens is 1. The molecule has 6 nitrogen and oxygen atoms in total. The fourth-order valence-corrected chi connectivity index (χ4v) is 6.78. The molecule has 0 radical (unpaired) electrons. The van der Waals surface area contributed by atoms with Crippen molar-refractivity contribution in [3.05, 3.63) is 69.1 Å². The standard InChI is InChI=1S/C32H43N3O3/c1-5-24-14-15-26(36)18-28(24)27-16-17-33(19-23-11-12-23)21(3)10-13-25-20-35(22(4)31(25)27)32(38)29-8-7-9-30(37)34(29)6-2/h7-9,14-15,18,21-23,25,36H,5-6,10-13,16-17,19-20H2,1-4H3/b31-27+/t21?,22?,25-/m1/s1. The van der Waals surface area contributed by atoms with Crippen LogP contribution in [0.15, 0.2) is 46.8 Å². The van der Waals surface area contributed by atoms with Gasteiger partial charge < -0.3 is 19.5 Å². The molecular weight excluding hydrogens is 474 g/mol. The molecule has 3 heterocycles. The minimum atomic E-state index is -0.135. The quantitative estimate of drug-likeness (QED) is 0.562. The lowest BCUT2D eigenvalue weighted by molar-refractivity contribution is 0.0734. The van der Waals surface area contributed by atoms with Gasteiger partial charge in [-0.15, -0.1) is 0 Å². The lowest BCUT2D eigenvalue weighted by atomic mass is 9.84. The Kier molecular flexibility index (Phi) is 7.80. The molecule has 5 rings (SSSR count). The molecule has 3 atom stereocenters. The number of rotatable bonds is 6. The van der Waals surface area contributed by atoms with Crippen molar-refractivity contribution in [3.63, 3.8) is 0 Å². The van der Waals surface area contributed by atoms with Gasteiger partial charge in [-0.25, -0.2) is 0 Å². The Hall–Kier alpha value is -2.86. The van der Waals surface area contributed by atoms with Crippen molar-refractivity contribution in [3.8, 4) is 5.75 Å². The van der Waals surface area contributed by atoms with Crippen molar-refractivity contribution in [1.29, 1.82) is 0 Å². The first kappa shape index (κ1) is 26.7. The monoisotopic (exact) mass is 517 g/mol. The van der Waals surface area contributed by atoms with Crippen LogP contribution in [0.2, 0.25) is 0 Å². The summed E-state index contributed by atoms with van der Waals surface area (Å²) in [5, 5.41) is 10.5. The van der Waals surface area contributed by atoms with Crippen LogP contribution in [0, 0.1) is 11.8 Å². The summed E-state index contributed by atoms with van der Waals surface area (Å²) in [6.07, 6.45) is 6.64. The van der Waals surface area contributed by atoms with Crippen LogP contribution >= 0.6 is 0 Å². The molecule has 2 fully saturated rings. The number of phenolic OH excluding ortho intramolecular Hbond substituents is 1. The molecule has 38 heavy (non-hydrogen) atoms. The second-order valence-electron chi connectivity index (χ2n) is 11.6. The Bertz CT molecular complexity index is 1270. The number of phenols is 1. The Morgan fingerprint density at radius 2 is 1.84 bits per heavy atom. The zero-order valence-corrected chi connectivity index (χ0v) is 23.4. The molecule has 2 aliphatic heterocycles. The largest absolute Gasteiger partial charge is 0.508 e. The predicted octanol–water partition coefficient (Wildman–Crippen LogP) is 5.33. The summed E-state index contributed by atoms with van der Waals surface area (Å²) in [6.45, 7) is 11.9. The number of fused-ring (bicyclic) bond motifs is 1. The van der Waals surface area contributed by atoms with E-state index in [4.69, 9.17) is 0 Å². The van der Waals surface area contributed by atoms with E-state index in [1.807, 2.05) is 17.9 Å². The first-order valence-electron chi connectivity index (χ1n) is 14.6. The molecule has 6 heteroatoms. The fourth-order valence-electron chi connectivity index (χ4n) is 6.78. The summed E-state index contributed by atoms with van der Waals surface area (Å²) in [7, 11) is 0. The molecule has 1 aromatic carbocycles. The normalized spacial score (nSPS) is 26.5. The van der Waals surface area contributed by atoms with Gasteiger partial charge >= 0.3 is 0 Å². The molecule has 1 saturated heterocycles. The average Bonchev–Trinajstić information content (AvgIpc) is 3.66. The van der Waals surface area contributed by atoms with Crippen molar-refractivity contribution in [1.82, 2.24) is 14.4 Å². The molecule has 1 aliphatic carbocycles. The molecule has 1 N–H and O–H groups in total. The van der Waals surface area contributed by atoms with Gasteiger partial charge in [-0.2, -0.15) is 0 Å². The minimum absolute atomic E-state index is 0.0662. The SMILES string of the molecule is CCc1ccc(O)cc1/C1=C2\C(C)N(C(=O)c3cccc(=O)n3CC)C[C@H]2CCC(C)N(CC2CC2)CC1. The number of aryl methyl sites for hydroxylation is 1. The molecule has 1 saturated carbocycles. The number of aromatic hydroxyl groups is 1. The molecule has 2 unspecified atom stereocenters. The van der Waals surface area contributed by atoms with Gasteiger partial charge in [0.2, 0.25) is 0 Å². The van der Waals surface area contributed by atoms with E-state index in [1.165, 1.54) is 42.2 Å². The third kappa shape index (κ3) is 5.20. The predicted molar refractivity (Wildman–Crippen MR) is 152 cm³/mol. The third-order valence-electron chi connectivity index (χ3n) is 9.16. The summed E-state index contributed by atoms with van der Waals surface area (Å²) in [5.41, 5.74) is 5.37. The van der Waals surface area contributed by atoms with Gasteiger partial charge in [-0.3, -0.25) is 9.59 Å². The van der Waals surface area contributed by atoms with Crippen LogP contribution < -0.4 is 5.56 Å². The van der Waals surface area contributed by atoms with Gasteiger partial charge in [0, 0.05) is 44.2 Å². The number of pyridine rings is 1. The van der Waals surface area contributed by atoms with Gasteiger partial charge in [0.1, 0.15) is 11.4 Å². The van der Waals surface area contributed by atoms with Gasteiger partial charge in [-0.05, 0) is 106 Å². The van der Waals surface area contributed by atoms with Crippen LogP contribution in [-0.4, -0.2) is 57.1 Å². The maximum atomic E-state index is 13.9. The number of nitrogens with zero attached hydrogens (tertiary/aromatic N) is 3. The number of hydrogen-bond acceptors (Lipinski definition) is 4. The maximum Gasteiger partial charge on any atom is 0.271 e. The van der Waals surface area contributed by atoms with Crippen molar-refractivity contribution in [2.24, 2.45) is 11.8 Å². The molecule has 2 aromatic rings. The van der Waals surface area contributed by atoms with E-state index in [9.17, 15) is 14.7 Å². The van der Waals surface area contributed by atoms with Crippen LogP contribution in [0.4, 0.5) is 0 Å². The molecule has 3 aliphatic rings. The van der Waals surface area contributed by atoms with Crippen molar-refractivity contribution in [2.45, 2.75) is 84.8 Å². The first-order valence-corrected chi connectivity index (χ1v) is 14.6. The smallest absolute Gasteiger partial charge is 0.271 e. The van der Waals surface area contributed by atoms with E-state index in [-0.39, 0.29) is 23.4 Å². The number of carbonyl (C=O) groups is 1. The van der Waals surface area contributed by atoms with Gasteiger partial charge in [-0.1, -0.05) is 19.1 Å². The Labute approximate surface area is 227 Å². The second-order valence-corrected chi connectivity index (χ2v) is 11.6. The van der Waals surface area contributed by atoms with Crippen molar-refractivity contribution in [2.75, 3.05) is 19.6 Å². The van der Waals surface area contributed by atoms with Crippen molar-refractivity contribution < 1.29 is 9.90 Å². The number of hydrogen-bond donors (Lipinski definition) is 1. The second kappa shape index (κ2) is 11.1. The van der Waals surface area contributed by atoms with Gasteiger partial charge in [0.25, 0.3) is 11.5 Å². The average molecular weight is 518 g/mol. The topological polar surface area (TPSA) is 65.8 Å². The highest BCUT2D eigenvalue weighted by molar-refractivity contribution is 5.94. The number of benzene rings is 1. The molecular formula is C32H43N3O3. The molecule has 1 aromatic heterocycles. The number of carbonyl (C=O) groups excluding carboxylic acids is 1. The third-order valence-corrected chi connectivity index (χ3v) is 9.16. The molecule has 204 valence electrons. The van der Waals surface area contributed by atoms with E-state index >= 15 is 0 Å². The van der Waals surface area contributed by atoms with Crippen LogP contribution in [0.1, 0.15) is 81.4 Å². The number of likely N-dealkylation sites (tertiary alicyclic amines) is 1. The Morgan fingerprint density at radius 1 is 1.05 bits per heavy atom. The zero-order valence-electron chi connectivity index (χ0n) is 23.4. The highest BCUT2D eigenvalue weighted by Crippen LogP contribution is 2.43. The van der Waals surface area contributed by atoms with E-state index < -0.39 is 0 Å². The lowest BCUT2D eigenvalue weighted by Crippen LogP contribution is -2.38. The van der Waals surface area contributed by atoms with Crippen LogP contribution in [-0.2, 0) is 13.0 Å². The highest BCUT2D eigenvalue weighted by atomic mass is 16.3. The first-order chi connectivity index (χ1) is 18.3. The summed E-state index contributed by atoms with van der Waals surface area (Å²) in [5.74, 6) is 1.34. The summed E-state index contributed by atoms with van der Waals surface area (Å²) in [6, 6.07) is 11.2. The molecule has 0 bridgehead atoms. The van der Waals surface area contributed by atoms with E-state index in [0.717, 1.165) is 43.7 Å². The lowest BCUT2D eigenvalue weighted by Gasteiger charge is -2.30. The maximum absolute atomic E-state index is 13.9. The van der Waals surface area contributed by atoms with E-state index in [1.54, 1.807) is 22.8 Å².